The number of hydrogen-bond acceptors (Lipinski definition) is 2. The molecule has 3 nitrogen and oxygen atoms in total. The fourth-order valence-corrected chi connectivity index (χ4v) is 3.10. The molecule has 0 fully saturated rings. The molecule has 102 valence electrons. The lowest BCUT2D eigenvalue weighted by molar-refractivity contribution is 0.0980. The minimum Gasteiger partial charge on any atom is -0.308 e. The molecule has 0 aliphatic carbocycles. The molecular formula is C16H15BrN2O. The van der Waals surface area contributed by atoms with Crippen LogP contribution in [-0.4, -0.2) is 17.4 Å². The molecule has 0 spiro atoms. The summed E-state index contributed by atoms with van der Waals surface area (Å²) in [4.78, 5) is 18.8. The molecule has 0 saturated carbocycles. The van der Waals surface area contributed by atoms with Crippen molar-refractivity contribution in [3.63, 3.8) is 0 Å². The van der Waals surface area contributed by atoms with Gasteiger partial charge in [0, 0.05) is 18.4 Å². The lowest BCUT2D eigenvalue weighted by Crippen LogP contribution is -2.39. The third-order valence-electron chi connectivity index (χ3n) is 3.58. The van der Waals surface area contributed by atoms with E-state index in [9.17, 15) is 4.79 Å². The maximum atomic E-state index is 12.8. The summed E-state index contributed by atoms with van der Waals surface area (Å²) in [6.45, 7) is 2.92. The lowest BCUT2D eigenvalue weighted by atomic mass is 9.93. The van der Waals surface area contributed by atoms with E-state index >= 15 is 0 Å². The summed E-state index contributed by atoms with van der Waals surface area (Å²) in [6.07, 6.45) is 2.70. The summed E-state index contributed by atoms with van der Waals surface area (Å²) in [5.74, 6) is 0.466. The summed E-state index contributed by atoms with van der Waals surface area (Å²) in [6, 6.07) is 11.7. The summed E-state index contributed by atoms with van der Waals surface area (Å²) in [7, 11) is 0. The van der Waals surface area contributed by atoms with Crippen molar-refractivity contribution >= 4 is 27.5 Å². The number of para-hydroxylation sites is 1. The number of rotatable bonds is 1. The minimum atomic E-state index is 0.00368. The molecule has 2 aromatic rings. The molecule has 1 aliphatic rings. The Bertz CT molecular complexity index is 656. The summed E-state index contributed by atoms with van der Waals surface area (Å²) < 4.78 is 0.598. The van der Waals surface area contributed by atoms with Gasteiger partial charge in [0.05, 0.1) is 5.56 Å². The standard InChI is InChI=1S/C16H15BrN2O/c1-11-9-12-5-2-3-7-14(12)19(10-11)16(20)13-6-4-8-18-15(13)17/h2-8,11H,9-10H2,1H3. The Morgan fingerprint density at radius 3 is 2.90 bits per heavy atom. The Hall–Kier alpha value is -1.68. The molecule has 20 heavy (non-hydrogen) atoms. The topological polar surface area (TPSA) is 33.2 Å². The fraction of sp³-hybridized carbons (Fsp3) is 0.250. The Morgan fingerprint density at radius 1 is 1.30 bits per heavy atom. The van der Waals surface area contributed by atoms with Gasteiger partial charge in [-0.15, -0.1) is 0 Å². The average Bonchev–Trinajstić information content (AvgIpc) is 2.46. The Morgan fingerprint density at radius 2 is 2.10 bits per heavy atom. The van der Waals surface area contributed by atoms with Crippen molar-refractivity contribution in [2.45, 2.75) is 13.3 Å². The van der Waals surface area contributed by atoms with Crippen LogP contribution in [0.5, 0.6) is 0 Å². The zero-order valence-electron chi connectivity index (χ0n) is 11.2. The second-order valence-electron chi connectivity index (χ2n) is 5.20. The molecule has 3 rings (SSSR count). The van der Waals surface area contributed by atoms with E-state index in [0.717, 1.165) is 18.7 Å². The van der Waals surface area contributed by atoms with Gasteiger partial charge in [0.15, 0.2) is 0 Å². The predicted octanol–water partition coefficient (Wildman–Crippen LogP) is 3.68. The Kier molecular flexibility index (Phi) is 3.57. The number of pyridine rings is 1. The van der Waals surface area contributed by atoms with E-state index in [-0.39, 0.29) is 5.91 Å². The summed E-state index contributed by atoms with van der Waals surface area (Å²) >= 11 is 3.36. The number of carbonyl (C=O) groups excluding carboxylic acids is 1. The quantitative estimate of drug-likeness (QED) is 0.747. The van der Waals surface area contributed by atoms with Crippen LogP contribution in [-0.2, 0) is 6.42 Å². The van der Waals surface area contributed by atoms with E-state index in [2.05, 4.69) is 33.9 Å². The highest BCUT2D eigenvalue weighted by molar-refractivity contribution is 9.10. The molecule has 1 aromatic carbocycles. The Balaban J connectivity index is 2.02. The molecule has 2 heterocycles. The molecule has 0 saturated heterocycles. The third kappa shape index (κ3) is 2.36. The zero-order chi connectivity index (χ0) is 14.1. The first kappa shape index (κ1) is 13.3. The zero-order valence-corrected chi connectivity index (χ0v) is 12.8. The number of amides is 1. The molecule has 1 aliphatic heterocycles. The van der Waals surface area contributed by atoms with Crippen LogP contribution < -0.4 is 4.90 Å². The second-order valence-corrected chi connectivity index (χ2v) is 5.95. The van der Waals surface area contributed by atoms with Crippen molar-refractivity contribution < 1.29 is 4.79 Å². The van der Waals surface area contributed by atoms with E-state index in [1.165, 1.54) is 5.56 Å². The van der Waals surface area contributed by atoms with Crippen LogP contribution in [0.4, 0.5) is 5.69 Å². The van der Waals surface area contributed by atoms with Crippen molar-refractivity contribution in [1.82, 2.24) is 4.98 Å². The van der Waals surface area contributed by atoms with Crippen molar-refractivity contribution in [3.05, 3.63) is 58.3 Å². The normalized spacial score (nSPS) is 17.7. The van der Waals surface area contributed by atoms with Crippen LogP contribution in [0.15, 0.2) is 47.2 Å². The monoisotopic (exact) mass is 330 g/mol. The molecule has 0 radical (unpaired) electrons. The van der Waals surface area contributed by atoms with E-state index in [0.29, 0.717) is 16.1 Å². The minimum absolute atomic E-state index is 0.00368. The number of fused-ring (bicyclic) bond motifs is 1. The van der Waals surface area contributed by atoms with Gasteiger partial charge in [0.25, 0.3) is 5.91 Å². The van der Waals surface area contributed by atoms with Crippen molar-refractivity contribution in [2.24, 2.45) is 5.92 Å². The second kappa shape index (κ2) is 5.37. The predicted molar refractivity (Wildman–Crippen MR) is 82.9 cm³/mol. The van der Waals surface area contributed by atoms with Gasteiger partial charge in [-0.3, -0.25) is 4.79 Å². The fourth-order valence-electron chi connectivity index (χ4n) is 2.68. The van der Waals surface area contributed by atoms with Crippen molar-refractivity contribution in [2.75, 3.05) is 11.4 Å². The highest BCUT2D eigenvalue weighted by Gasteiger charge is 2.27. The van der Waals surface area contributed by atoms with E-state index in [1.807, 2.05) is 23.1 Å². The van der Waals surface area contributed by atoms with Gasteiger partial charge < -0.3 is 4.90 Å². The first-order chi connectivity index (χ1) is 9.66. The number of benzene rings is 1. The van der Waals surface area contributed by atoms with Crippen molar-refractivity contribution in [3.8, 4) is 0 Å². The molecule has 0 bridgehead atoms. The maximum absolute atomic E-state index is 12.8. The third-order valence-corrected chi connectivity index (χ3v) is 4.21. The number of halogens is 1. The van der Waals surface area contributed by atoms with E-state index in [1.54, 1.807) is 18.3 Å². The van der Waals surface area contributed by atoms with Crippen LogP contribution in [0, 0.1) is 5.92 Å². The summed E-state index contributed by atoms with van der Waals surface area (Å²) in [5, 5.41) is 0. The van der Waals surface area contributed by atoms with Crippen molar-refractivity contribution in [1.29, 1.82) is 0 Å². The number of aromatic nitrogens is 1. The maximum Gasteiger partial charge on any atom is 0.261 e. The highest BCUT2D eigenvalue weighted by atomic mass is 79.9. The summed E-state index contributed by atoms with van der Waals surface area (Å²) in [5.41, 5.74) is 2.86. The lowest BCUT2D eigenvalue weighted by Gasteiger charge is -2.33. The van der Waals surface area contributed by atoms with Gasteiger partial charge in [-0.1, -0.05) is 25.1 Å². The highest BCUT2D eigenvalue weighted by Crippen LogP contribution is 2.31. The van der Waals surface area contributed by atoms with Crippen LogP contribution in [0.3, 0.4) is 0 Å². The van der Waals surface area contributed by atoms with Crippen LogP contribution in [0.1, 0.15) is 22.8 Å². The molecule has 1 amide bonds. The molecule has 4 heteroatoms. The van der Waals surface area contributed by atoms with Gasteiger partial charge in [-0.25, -0.2) is 4.98 Å². The first-order valence-corrected chi connectivity index (χ1v) is 7.46. The Labute approximate surface area is 126 Å². The van der Waals surface area contributed by atoms with Gasteiger partial charge >= 0.3 is 0 Å². The van der Waals surface area contributed by atoms with Crippen LogP contribution in [0.2, 0.25) is 0 Å². The largest absolute Gasteiger partial charge is 0.308 e. The molecule has 1 unspecified atom stereocenters. The SMILES string of the molecule is CC1Cc2ccccc2N(C(=O)c2cccnc2Br)C1. The smallest absolute Gasteiger partial charge is 0.261 e. The molecule has 1 atom stereocenters. The van der Waals surface area contributed by atoms with Crippen LogP contribution >= 0.6 is 15.9 Å². The average molecular weight is 331 g/mol. The molecule has 1 aromatic heterocycles. The number of carbonyl (C=O) groups is 1. The number of anilines is 1. The van der Waals surface area contributed by atoms with Gasteiger partial charge in [0.1, 0.15) is 4.60 Å². The first-order valence-electron chi connectivity index (χ1n) is 6.67. The van der Waals surface area contributed by atoms with E-state index < -0.39 is 0 Å². The van der Waals surface area contributed by atoms with Gasteiger partial charge in [-0.2, -0.15) is 0 Å². The van der Waals surface area contributed by atoms with Gasteiger partial charge in [-0.05, 0) is 52.0 Å². The number of nitrogens with zero attached hydrogens (tertiary/aromatic N) is 2. The van der Waals surface area contributed by atoms with E-state index in [4.69, 9.17) is 0 Å². The molecular weight excluding hydrogens is 316 g/mol. The van der Waals surface area contributed by atoms with Gasteiger partial charge in [0.2, 0.25) is 0 Å². The number of hydrogen-bond donors (Lipinski definition) is 0. The van der Waals surface area contributed by atoms with Crippen LogP contribution in [0.25, 0.3) is 0 Å². The molecule has 0 N–H and O–H groups in total.